The Morgan fingerprint density at radius 1 is 1.20 bits per heavy atom. The summed E-state index contributed by atoms with van der Waals surface area (Å²) in [5.74, 6) is 0. The first-order valence-corrected chi connectivity index (χ1v) is 5.85. The van der Waals surface area contributed by atoms with Crippen LogP contribution in [0.25, 0.3) is 0 Å². The van der Waals surface area contributed by atoms with Crippen molar-refractivity contribution in [2.24, 2.45) is 0 Å². The van der Waals surface area contributed by atoms with Crippen molar-refractivity contribution in [1.29, 1.82) is 0 Å². The number of hydrogen-bond acceptors (Lipinski definition) is 9. The highest BCUT2D eigenvalue weighted by Gasteiger charge is 2.41. The van der Waals surface area contributed by atoms with Crippen LogP contribution in [0.2, 0.25) is 0 Å². The van der Waals surface area contributed by atoms with Crippen LogP contribution in [0.3, 0.4) is 0 Å². The van der Waals surface area contributed by atoms with E-state index in [1.54, 1.807) is 0 Å². The molecular weight excluding hydrogens is 304 g/mol. The predicted molar refractivity (Wildman–Crippen MR) is 59.6 cm³/mol. The van der Waals surface area contributed by atoms with Gasteiger partial charge >= 0.3 is 6.16 Å². The van der Waals surface area contributed by atoms with Gasteiger partial charge in [-0.1, -0.05) is 11.6 Å². The molecule has 1 aliphatic carbocycles. The molecule has 0 bridgehead atoms. The van der Waals surface area contributed by atoms with E-state index in [1.807, 2.05) is 0 Å². The van der Waals surface area contributed by atoms with E-state index in [4.69, 9.17) is 16.3 Å². The van der Waals surface area contributed by atoms with Crippen molar-refractivity contribution in [2.75, 3.05) is 0 Å². The lowest BCUT2D eigenvalue weighted by molar-refractivity contribution is -0.797. The molecule has 0 N–H and O–H groups in total. The molecular formula is C8H11ClN2O9. The van der Waals surface area contributed by atoms with Crippen LogP contribution in [-0.2, 0) is 19.1 Å². The van der Waals surface area contributed by atoms with Crippen LogP contribution in [0.1, 0.15) is 19.8 Å². The number of halogens is 1. The first-order chi connectivity index (χ1) is 9.27. The highest BCUT2D eigenvalue weighted by atomic mass is 35.5. The van der Waals surface area contributed by atoms with Gasteiger partial charge < -0.3 is 19.1 Å². The number of alkyl halides is 1. The fourth-order valence-corrected chi connectivity index (χ4v) is 1.83. The Bertz CT molecular complexity index is 366. The van der Waals surface area contributed by atoms with Gasteiger partial charge in [0, 0.05) is 12.8 Å². The van der Waals surface area contributed by atoms with Crippen LogP contribution in [-0.4, -0.2) is 40.2 Å². The van der Waals surface area contributed by atoms with Crippen molar-refractivity contribution < 1.29 is 34.1 Å². The zero-order valence-corrected chi connectivity index (χ0v) is 10.9. The van der Waals surface area contributed by atoms with Crippen molar-refractivity contribution in [1.82, 2.24) is 0 Å². The van der Waals surface area contributed by atoms with Gasteiger partial charge in [-0.3, -0.25) is 0 Å². The Balaban J connectivity index is 2.57. The molecule has 4 atom stereocenters. The van der Waals surface area contributed by atoms with Gasteiger partial charge in [-0.05, 0) is 6.92 Å². The van der Waals surface area contributed by atoms with E-state index in [1.165, 1.54) is 6.92 Å². The standard InChI is InChI=1S/C8H11ClN2O9/c1-4(9)17-8(12)18-5-2-6(19-10(13)14)7(3-5)20-11(15)16/h4-7H,2-3H2,1H3/t4?,5?,6-,7+. The number of rotatable bonds is 6. The van der Waals surface area contributed by atoms with E-state index in [0.29, 0.717) is 0 Å². The Hall–Kier alpha value is -2.04. The average molecular weight is 315 g/mol. The van der Waals surface area contributed by atoms with Gasteiger partial charge in [0.25, 0.3) is 10.2 Å². The van der Waals surface area contributed by atoms with Gasteiger partial charge in [0.2, 0.25) is 0 Å². The quantitative estimate of drug-likeness (QED) is 0.304. The van der Waals surface area contributed by atoms with Gasteiger partial charge in [0.15, 0.2) is 5.56 Å². The van der Waals surface area contributed by atoms with Crippen molar-refractivity contribution in [2.45, 2.75) is 43.6 Å². The minimum absolute atomic E-state index is 0.134. The molecule has 0 radical (unpaired) electrons. The first kappa shape index (κ1) is 16.0. The van der Waals surface area contributed by atoms with E-state index in [9.17, 15) is 25.0 Å². The highest BCUT2D eigenvalue weighted by molar-refractivity contribution is 6.19. The Morgan fingerprint density at radius 2 is 1.65 bits per heavy atom. The van der Waals surface area contributed by atoms with E-state index in [0.717, 1.165) is 0 Å². The van der Waals surface area contributed by atoms with Crippen LogP contribution < -0.4 is 0 Å². The summed E-state index contributed by atoms with van der Waals surface area (Å²) >= 11 is 5.40. The maximum atomic E-state index is 11.2. The van der Waals surface area contributed by atoms with Crippen LogP contribution >= 0.6 is 11.6 Å². The molecule has 2 unspecified atom stereocenters. The summed E-state index contributed by atoms with van der Waals surface area (Å²) in [4.78, 5) is 40.2. The van der Waals surface area contributed by atoms with E-state index >= 15 is 0 Å². The minimum Gasteiger partial charge on any atom is -0.431 e. The summed E-state index contributed by atoms with van der Waals surface area (Å²) in [5.41, 5.74) is -0.916. The lowest BCUT2D eigenvalue weighted by Gasteiger charge is -2.14. The van der Waals surface area contributed by atoms with Gasteiger partial charge in [0.05, 0.1) is 0 Å². The molecule has 114 valence electrons. The third-order valence-electron chi connectivity index (χ3n) is 2.37. The van der Waals surface area contributed by atoms with E-state index < -0.39 is 40.2 Å². The Morgan fingerprint density at radius 3 is 2.00 bits per heavy atom. The SMILES string of the molecule is CC(Cl)OC(=O)OC1C[C@H](O[N+](=O)[O-])[C@H](O[N+](=O)[O-])C1. The number of carbonyl (C=O) groups excluding carboxylic acids is 1. The maximum absolute atomic E-state index is 11.2. The second-order valence-electron chi connectivity index (χ2n) is 3.86. The number of ether oxygens (including phenoxy) is 2. The van der Waals surface area contributed by atoms with Gasteiger partial charge in [-0.15, -0.1) is 20.2 Å². The smallest absolute Gasteiger partial charge is 0.431 e. The third-order valence-corrected chi connectivity index (χ3v) is 2.46. The van der Waals surface area contributed by atoms with Crippen molar-refractivity contribution in [3.8, 4) is 0 Å². The van der Waals surface area contributed by atoms with Crippen LogP contribution in [0.4, 0.5) is 4.79 Å². The molecule has 0 aliphatic heterocycles. The largest absolute Gasteiger partial charge is 0.510 e. The number of carbonyl (C=O) groups is 1. The predicted octanol–water partition coefficient (Wildman–Crippen LogP) is 1.04. The molecule has 12 heteroatoms. The van der Waals surface area contributed by atoms with Crippen molar-refractivity contribution >= 4 is 17.8 Å². The van der Waals surface area contributed by atoms with Crippen LogP contribution in [0, 0.1) is 20.2 Å². The highest BCUT2D eigenvalue weighted by Crippen LogP contribution is 2.28. The summed E-state index contributed by atoms with van der Waals surface area (Å²) < 4.78 is 9.29. The number of hydrogen-bond donors (Lipinski definition) is 0. The molecule has 0 spiro atoms. The summed E-state index contributed by atoms with van der Waals surface area (Å²) in [7, 11) is 0. The minimum atomic E-state index is -1.21. The molecule has 0 heterocycles. The van der Waals surface area contributed by atoms with Crippen LogP contribution in [0.15, 0.2) is 0 Å². The monoisotopic (exact) mass is 314 g/mol. The molecule has 0 aromatic carbocycles. The average Bonchev–Trinajstić information content (AvgIpc) is 2.56. The molecule has 1 aliphatic rings. The first-order valence-electron chi connectivity index (χ1n) is 5.41. The zero-order chi connectivity index (χ0) is 15.3. The molecule has 0 aromatic rings. The van der Waals surface area contributed by atoms with Crippen molar-refractivity contribution in [3.63, 3.8) is 0 Å². The second kappa shape index (κ2) is 6.93. The van der Waals surface area contributed by atoms with Gasteiger partial charge in [0.1, 0.15) is 18.3 Å². The molecule has 0 aromatic heterocycles. The van der Waals surface area contributed by atoms with Gasteiger partial charge in [-0.2, -0.15) is 0 Å². The fourth-order valence-electron chi connectivity index (χ4n) is 1.75. The zero-order valence-electron chi connectivity index (χ0n) is 10.2. The molecule has 0 amide bonds. The summed E-state index contributed by atoms with van der Waals surface area (Å²) in [6.45, 7) is 1.38. The Labute approximate surface area is 116 Å². The lowest BCUT2D eigenvalue weighted by atomic mass is 10.3. The number of nitrogens with zero attached hydrogens (tertiary/aromatic N) is 2. The van der Waals surface area contributed by atoms with Gasteiger partial charge in [-0.25, -0.2) is 4.79 Å². The van der Waals surface area contributed by atoms with E-state index in [-0.39, 0.29) is 12.8 Å². The van der Waals surface area contributed by atoms with Crippen molar-refractivity contribution in [3.05, 3.63) is 20.2 Å². The second-order valence-corrected chi connectivity index (χ2v) is 4.47. The summed E-state index contributed by atoms with van der Waals surface area (Å²) in [6, 6.07) is 0. The van der Waals surface area contributed by atoms with Crippen LogP contribution in [0.5, 0.6) is 0 Å². The molecule has 11 nitrogen and oxygen atoms in total. The third kappa shape index (κ3) is 5.30. The molecule has 0 saturated heterocycles. The summed E-state index contributed by atoms with van der Waals surface area (Å²) in [6.07, 6.45) is -4.63. The molecule has 1 rings (SSSR count). The summed E-state index contributed by atoms with van der Waals surface area (Å²) in [5, 5.41) is 18.3. The fraction of sp³-hybridized carbons (Fsp3) is 0.875. The topological polar surface area (TPSA) is 140 Å². The maximum Gasteiger partial charge on any atom is 0.510 e. The lowest BCUT2D eigenvalue weighted by Crippen LogP contribution is -2.30. The van der Waals surface area contributed by atoms with E-state index in [2.05, 4.69) is 14.4 Å². The Kier molecular flexibility index (Phi) is 5.55. The molecule has 1 fully saturated rings. The molecule has 1 saturated carbocycles. The normalized spacial score (nSPS) is 26.4. The molecule has 20 heavy (non-hydrogen) atoms.